The number of rotatable bonds is 3. The molecule has 0 saturated heterocycles. The van der Waals surface area contributed by atoms with Crippen LogP contribution in [0.2, 0.25) is 5.02 Å². The van der Waals surface area contributed by atoms with E-state index >= 15 is 0 Å². The Labute approximate surface area is 88.2 Å². The van der Waals surface area contributed by atoms with Gasteiger partial charge in [-0.3, -0.25) is 4.79 Å². The number of nitrogens with two attached hydrogens (primary N) is 1. The van der Waals surface area contributed by atoms with Gasteiger partial charge in [-0.25, -0.2) is 0 Å². The monoisotopic (exact) mass is 212 g/mol. The van der Waals surface area contributed by atoms with E-state index in [0.717, 1.165) is 11.1 Å². The van der Waals surface area contributed by atoms with Crippen LogP contribution < -0.4 is 11.1 Å². The lowest BCUT2D eigenvalue weighted by Crippen LogP contribution is -2.31. The average Bonchev–Trinajstić information content (AvgIpc) is 2.09. The molecule has 3 N–H and O–H groups in total. The lowest BCUT2D eigenvalue weighted by atomic mass is 10.0. The van der Waals surface area contributed by atoms with E-state index in [9.17, 15) is 4.79 Å². The number of hydrogen-bond donors (Lipinski definition) is 2. The largest absolute Gasteiger partial charge is 0.368 e. The van der Waals surface area contributed by atoms with Crippen molar-refractivity contribution in [3.63, 3.8) is 0 Å². The van der Waals surface area contributed by atoms with Crippen LogP contribution in [0.5, 0.6) is 0 Å². The number of primary amides is 1. The van der Waals surface area contributed by atoms with E-state index in [0.29, 0.717) is 5.02 Å². The highest BCUT2D eigenvalue weighted by Crippen LogP contribution is 2.20. The molecule has 1 atom stereocenters. The van der Waals surface area contributed by atoms with Gasteiger partial charge in [0.25, 0.3) is 0 Å². The van der Waals surface area contributed by atoms with Crippen molar-refractivity contribution in [2.45, 2.75) is 13.0 Å². The molecular weight excluding hydrogens is 200 g/mol. The first kappa shape index (κ1) is 11.0. The number of nitrogens with one attached hydrogen (secondary N) is 1. The maximum Gasteiger partial charge on any atom is 0.239 e. The van der Waals surface area contributed by atoms with E-state index in [1.165, 1.54) is 0 Å². The van der Waals surface area contributed by atoms with E-state index in [2.05, 4.69) is 5.32 Å². The van der Waals surface area contributed by atoms with Crippen LogP contribution in [-0.4, -0.2) is 13.0 Å². The van der Waals surface area contributed by atoms with Crippen molar-refractivity contribution in [1.29, 1.82) is 0 Å². The summed E-state index contributed by atoms with van der Waals surface area (Å²) < 4.78 is 0. The fourth-order valence-corrected chi connectivity index (χ4v) is 1.64. The molecule has 1 aromatic carbocycles. The molecule has 0 aliphatic rings. The number of aryl methyl sites for hydroxylation is 1. The minimum absolute atomic E-state index is 0.391. The Hall–Kier alpha value is -1.06. The van der Waals surface area contributed by atoms with Gasteiger partial charge in [-0.1, -0.05) is 17.7 Å². The summed E-state index contributed by atoms with van der Waals surface area (Å²) in [6.07, 6.45) is 0. The first-order valence-electron chi connectivity index (χ1n) is 4.29. The number of amides is 1. The first-order valence-corrected chi connectivity index (χ1v) is 4.66. The van der Waals surface area contributed by atoms with Crippen LogP contribution in [0.15, 0.2) is 18.2 Å². The standard InChI is InChI=1S/C10H13ClN2O/c1-6-5-7(11)3-4-8(6)9(13-2)10(12)14/h3-5,9,13H,1-2H3,(H2,12,14). The van der Waals surface area contributed by atoms with Gasteiger partial charge in [0.15, 0.2) is 0 Å². The number of carbonyl (C=O) groups is 1. The molecule has 0 aromatic heterocycles. The van der Waals surface area contributed by atoms with Gasteiger partial charge >= 0.3 is 0 Å². The second kappa shape index (κ2) is 4.44. The van der Waals surface area contributed by atoms with Gasteiger partial charge in [0.05, 0.1) is 0 Å². The Morgan fingerprint density at radius 2 is 2.21 bits per heavy atom. The molecule has 1 amide bonds. The van der Waals surface area contributed by atoms with Gasteiger partial charge in [-0.15, -0.1) is 0 Å². The zero-order valence-corrected chi connectivity index (χ0v) is 8.93. The molecule has 0 heterocycles. The highest BCUT2D eigenvalue weighted by atomic mass is 35.5. The van der Waals surface area contributed by atoms with E-state index in [4.69, 9.17) is 17.3 Å². The topological polar surface area (TPSA) is 55.1 Å². The van der Waals surface area contributed by atoms with Gasteiger partial charge in [0.2, 0.25) is 5.91 Å². The molecule has 4 heteroatoms. The molecule has 0 fully saturated rings. The summed E-state index contributed by atoms with van der Waals surface area (Å²) >= 11 is 5.81. The van der Waals surface area contributed by atoms with Crippen LogP contribution in [0.4, 0.5) is 0 Å². The summed E-state index contributed by atoms with van der Waals surface area (Å²) in [5.74, 6) is -0.391. The van der Waals surface area contributed by atoms with Crippen molar-refractivity contribution < 1.29 is 4.79 Å². The van der Waals surface area contributed by atoms with Crippen LogP contribution in [-0.2, 0) is 4.79 Å². The second-order valence-corrected chi connectivity index (χ2v) is 3.56. The average molecular weight is 213 g/mol. The highest BCUT2D eigenvalue weighted by Gasteiger charge is 2.16. The van der Waals surface area contributed by atoms with Crippen molar-refractivity contribution >= 4 is 17.5 Å². The van der Waals surface area contributed by atoms with Crippen molar-refractivity contribution in [3.8, 4) is 0 Å². The minimum atomic E-state index is -0.452. The Balaban J connectivity index is 3.10. The third-order valence-corrected chi connectivity index (χ3v) is 2.35. The van der Waals surface area contributed by atoms with Gasteiger partial charge in [-0.2, -0.15) is 0 Å². The molecule has 3 nitrogen and oxygen atoms in total. The van der Waals surface area contributed by atoms with E-state index in [1.807, 2.05) is 19.1 Å². The van der Waals surface area contributed by atoms with Crippen LogP contribution in [0.3, 0.4) is 0 Å². The molecule has 76 valence electrons. The lowest BCUT2D eigenvalue weighted by Gasteiger charge is -2.15. The molecule has 0 saturated carbocycles. The quantitative estimate of drug-likeness (QED) is 0.796. The summed E-state index contributed by atoms with van der Waals surface area (Å²) in [5.41, 5.74) is 7.07. The van der Waals surface area contributed by atoms with Crippen LogP contribution in [0, 0.1) is 6.92 Å². The Bertz CT molecular complexity index is 352. The fourth-order valence-electron chi connectivity index (χ4n) is 1.41. The maximum atomic E-state index is 11.1. The summed E-state index contributed by atoms with van der Waals surface area (Å²) in [6, 6.07) is 4.91. The Morgan fingerprint density at radius 1 is 1.57 bits per heavy atom. The normalized spacial score (nSPS) is 12.5. The van der Waals surface area contributed by atoms with E-state index in [1.54, 1.807) is 13.1 Å². The summed E-state index contributed by atoms with van der Waals surface area (Å²) in [7, 11) is 1.70. The minimum Gasteiger partial charge on any atom is -0.368 e. The van der Waals surface area contributed by atoms with Gasteiger partial charge in [0, 0.05) is 5.02 Å². The zero-order valence-electron chi connectivity index (χ0n) is 8.17. The van der Waals surface area contributed by atoms with Crippen LogP contribution >= 0.6 is 11.6 Å². The number of likely N-dealkylation sites (N-methyl/N-ethyl adjacent to an activating group) is 1. The van der Waals surface area contributed by atoms with Crippen molar-refractivity contribution in [2.24, 2.45) is 5.73 Å². The molecule has 1 rings (SSSR count). The molecule has 0 radical (unpaired) electrons. The number of carbonyl (C=O) groups excluding carboxylic acids is 1. The van der Waals surface area contributed by atoms with Crippen molar-refractivity contribution in [3.05, 3.63) is 34.3 Å². The molecule has 0 bridgehead atoms. The van der Waals surface area contributed by atoms with Gasteiger partial charge in [0.1, 0.15) is 6.04 Å². The molecule has 0 spiro atoms. The lowest BCUT2D eigenvalue weighted by molar-refractivity contribution is -0.120. The molecule has 1 aromatic rings. The van der Waals surface area contributed by atoms with Crippen LogP contribution in [0.1, 0.15) is 17.2 Å². The number of benzene rings is 1. The SMILES string of the molecule is CNC(C(N)=O)c1ccc(Cl)cc1C. The summed E-state index contributed by atoms with van der Waals surface area (Å²) in [5, 5.41) is 3.52. The van der Waals surface area contributed by atoms with Crippen molar-refractivity contribution in [2.75, 3.05) is 7.05 Å². The van der Waals surface area contributed by atoms with Gasteiger partial charge < -0.3 is 11.1 Å². The fraction of sp³-hybridized carbons (Fsp3) is 0.300. The predicted molar refractivity (Wildman–Crippen MR) is 57.2 cm³/mol. The Morgan fingerprint density at radius 3 is 2.64 bits per heavy atom. The zero-order chi connectivity index (χ0) is 10.7. The van der Waals surface area contributed by atoms with Crippen molar-refractivity contribution in [1.82, 2.24) is 5.32 Å². The second-order valence-electron chi connectivity index (χ2n) is 3.12. The maximum absolute atomic E-state index is 11.1. The molecule has 1 unspecified atom stereocenters. The van der Waals surface area contributed by atoms with E-state index in [-0.39, 0.29) is 0 Å². The molecule has 14 heavy (non-hydrogen) atoms. The summed E-state index contributed by atoms with van der Waals surface area (Å²) in [4.78, 5) is 11.1. The molecule has 0 aliphatic carbocycles. The first-order chi connectivity index (χ1) is 6.56. The molecular formula is C10H13ClN2O. The van der Waals surface area contributed by atoms with Crippen LogP contribution in [0.25, 0.3) is 0 Å². The number of hydrogen-bond acceptors (Lipinski definition) is 2. The third kappa shape index (κ3) is 2.25. The predicted octanol–water partition coefficient (Wildman–Crippen LogP) is 1.39. The smallest absolute Gasteiger partial charge is 0.239 e. The Kier molecular flexibility index (Phi) is 3.49. The van der Waals surface area contributed by atoms with Gasteiger partial charge in [-0.05, 0) is 37.2 Å². The third-order valence-electron chi connectivity index (χ3n) is 2.12. The summed E-state index contributed by atoms with van der Waals surface area (Å²) in [6.45, 7) is 1.90. The molecule has 0 aliphatic heterocycles. The highest BCUT2D eigenvalue weighted by molar-refractivity contribution is 6.30. The number of halogens is 1. The van der Waals surface area contributed by atoms with E-state index < -0.39 is 11.9 Å².